The summed E-state index contributed by atoms with van der Waals surface area (Å²) in [7, 11) is 7.18. The first-order chi connectivity index (χ1) is 3.91. The minimum absolute atomic E-state index is 2.30. The van der Waals surface area contributed by atoms with Gasteiger partial charge in [-0.2, -0.15) is 0 Å². The summed E-state index contributed by atoms with van der Waals surface area (Å²) >= 11 is 0. The first kappa shape index (κ1) is 7.54. The van der Waals surface area contributed by atoms with Crippen molar-refractivity contribution >= 4 is 17.4 Å². The molecule has 0 unspecified atom stereocenters. The molecular weight excluding hydrogens is 134 g/mol. The van der Waals surface area contributed by atoms with E-state index in [0.717, 1.165) is 0 Å². The van der Waals surface area contributed by atoms with Crippen LogP contribution in [0.1, 0.15) is 0 Å². The molecule has 0 aliphatic heterocycles. The van der Waals surface area contributed by atoms with E-state index in [1.165, 1.54) is 0 Å². The number of rotatable bonds is 0. The Morgan fingerprint density at radius 3 is 1.25 bits per heavy atom. The maximum absolute atomic E-state index is 3.59. The van der Waals surface area contributed by atoms with Crippen LogP contribution in [0, 0.1) is 34.9 Å². The molecule has 0 aromatic rings. The van der Waals surface area contributed by atoms with Crippen molar-refractivity contribution in [2.24, 2.45) is 0 Å². The van der Waals surface area contributed by atoms with Crippen LogP contribution in [0.25, 0.3) is 0 Å². The van der Waals surface area contributed by atoms with Gasteiger partial charge in [0.05, 0.1) is 0 Å². The van der Waals surface area contributed by atoms with Crippen LogP contribution in [0.4, 0.5) is 0 Å². The average molecular weight is 134 g/mol. The van der Waals surface area contributed by atoms with Crippen molar-refractivity contribution in [1.29, 1.82) is 0 Å². The van der Waals surface area contributed by atoms with Crippen LogP contribution < -0.4 is 0 Å². The standard InChI is InChI=1S/C6P2/c7-5-3-1-2-4-6-8. The third-order valence-electron chi connectivity index (χ3n) is 0.299. The second-order valence-corrected chi connectivity index (χ2v) is 1.17. The van der Waals surface area contributed by atoms with Gasteiger partial charge in [0.25, 0.3) is 0 Å². The van der Waals surface area contributed by atoms with Crippen LogP contribution in [0.2, 0.25) is 0 Å². The molecule has 34 valence electrons. The van der Waals surface area contributed by atoms with Gasteiger partial charge in [0.15, 0.2) is 0 Å². The van der Waals surface area contributed by atoms with Crippen molar-refractivity contribution in [2.45, 2.75) is 0 Å². The van der Waals surface area contributed by atoms with Gasteiger partial charge in [-0.15, -0.1) is 0 Å². The normalized spacial score (nSPS) is 3.25. The SMILES string of the molecule is P#CC#CC#CC#P. The molecule has 0 aliphatic carbocycles. The van der Waals surface area contributed by atoms with Crippen LogP contribution >= 0.6 is 17.4 Å². The van der Waals surface area contributed by atoms with Crippen molar-refractivity contribution in [1.82, 2.24) is 0 Å². The molecule has 0 atom stereocenters. The van der Waals surface area contributed by atoms with Crippen molar-refractivity contribution < 1.29 is 0 Å². The first-order valence-electron chi connectivity index (χ1n) is 1.70. The predicted octanol–water partition coefficient (Wildman–Crippen LogP) is 1.73. The monoisotopic (exact) mass is 134 g/mol. The van der Waals surface area contributed by atoms with E-state index in [-0.39, 0.29) is 0 Å². The van der Waals surface area contributed by atoms with Crippen molar-refractivity contribution in [3.05, 3.63) is 0 Å². The van der Waals surface area contributed by atoms with Crippen molar-refractivity contribution in [3.8, 4) is 34.9 Å². The topological polar surface area (TPSA) is 0 Å². The minimum atomic E-state index is 2.30. The Bertz CT molecular complexity index is 223. The van der Waals surface area contributed by atoms with Gasteiger partial charge in [-0.25, -0.2) is 0 Å². The Morgan fingerprint density at radius 2 is 1.00 bits per heavy atom. The Kier molecular flexibility index (Phi) is 6.16. The van der Waals surface area contributed by atoms with Gasteiger partial charge in [-0.1, -0.05) is 0 Å². The predicted molar refractivity (Wildman–Crippen MR) is 37.2 cm³/mol. The van der Waals surface area contributed by atoms with Crippen LogP contribution in [0.5, 0.6) is 0 Å². The van der Waals surface area contributed by atoms with Crippen LogP contribution in [0.15, 0.2) is 0 Å². The molecule has 0 spiro atoms. The fraction of sp³-hybridized carbons (Fsp3) is 0. The van der Waals surface area contributed by atoms with Crippen LogP contribution in [0.3, 0.4) is 0 Å². The summed E-state index contributed by atoms with van der Waals surface area (Å²) in [6.45, 7) is 0. The van der Waals surface area contributed by atoms with Crippen LogP contribution in [-0.4, -0.2) is 0 Å². The summed E-state index contributed by atoms with van der Waals surface area (Å²) in [4.78, 5) is 0. The molecule has 0 saturated carbocycles. The Hall–Kier alpha value is -0.460. The molecule has 0 fully saturated rings. The van der Waals surface area contributed by atoms with E-state index < -0.39 is 0 Å². The van der Waals surface area contributed by atoms with E-state index in [0.29, 0.717) is 0 Å². The first-order valence-corrected chi connectivity index (χ1v) is 2.59. The summed E-state index contributed by atoms with van der Waals surface area (Å²) in [5.74, 6) is 9.65. The van der Waals surface area contributed by atoms with E-state index in [2.05, 4.69) is 52.3 Å². The van der Waals surface area contributed by atoms with Gasteiger partial charge < -0.3 is 0 Å². The Morgan fingerprint density at radius 1 is 0.625 bits per heavy atom. The zero-order chi connectivity index (χ0) is 6.24. The second-order valence-electron chi connectivity index (χ2n) is 0.724. The zero-order valence-electron chi connectivity index (χ0n) is 3.89. The van der Waals surface area contributed by atoms with Gasteiger partial charge in [-0.05, 0) is 0 Å². The molecule has 0 aliphatic rings. The molecule has 0 aromatic carbocycles. The van der Waals surface area contributed by atoms with Crippen molar-refractivity contribution in [2.75, 3.05) is 0 Å². The van der Waals surface area contributed by atoms with E-state index in [9.17, 15) is 0 Å². The molecule has 0 amide bonds. The average Bonchev–Trinajstić information content (AvgIpc) is 1.81. The fourth-order valence-electron chi connectivity index (χ4n) is 0.118. The third-order valence-corrected chi connectivity index (χ3v) is 0.523. The molecule has 0 N–H and O–H groups in total. The van der Waals surface area contributed by atoms with E-state index in [1.54, 1.807) is 0 Å². The molecule has 0 heterocycles. The van der Waals surface area contributed by atoms with E-state index >= 15 is 0 Å². The maximum atomic E-state index is 3.59. The second kappa shape index (κ2) is 6.54. The molecule has 0 radical (unpaired) electrons. The van der Waals surface area contributed by atoms with Gasteiger partial charge in [0.2, 0.25) is 0 Å². The van der Waals surface area contributed by atoms with Gasteiger partial charge in [-0.3, -0.25) is 0 Å². The molecule has 0 aromatic heterocycles. The summed E-state index contributed by atoms with van der Waals surface area (Å²) in [6.07, 6.45) is 0. The molecule has 0 bridgehead atoms. The third kappa shape index (κ3) is 5.54. The van der Waals surface area contributed by atoms with Crippen LogP contribution in [-0.2, 0) is 0 Å². The molecule has 0 rings (SSSR count). The Labute approximate surface area is 53.1 Å². The Balaban J connectivity index is 3.85. The summed E-state index contributed by atoms with van der Waals surface area (Å²) < 4.78 is 0. The molecular formula is C6P2. The summed E-state index contributed by atoms with van der Waals surface area (Å²) in [5, 5.41) is 0. The summed E-state index contributed by atoms with van der Waals surface area (Å²) in [5.41, 5.74) is 4.61. The molecule has 8 heavy (non-hydrogen) atoms. The van der Waals surface area contributed by atoms with E-state index in [1.807, 2.05) is 0 Å². The number of hydrogen-bond acceptors (Lipinski definition) is 0. The summed E-state index contributed by atoms with van der Waals surface area (Å²) in [6, 6.07) is 0. The van der Waals surface area contributed by atoms with Gasteiger partial charge >= 0.3 is 52.3 Å². The van der Waals surface area contributed by atoms with Gasteiger partial charge in [0, 0.05) is 0 Å². The quantitative estimate of drug-likeness (QED) is 0.349. The van der Waals surface area contributed by atoms with Crippen molar-refractivity contribution in [3.63, 3.8) is 0 Å². The van der Waals surface area contributed by atoms with E-state index in [4.69, 9.17) is 0 Å². The number of hydrogen-bond donors (Lipinski definition) is 0. The molecule has 0 saturated heterocycles. The molecule has 2 heteroatoms. The fourth-order valence-corrected chi connectivity index (χ4v) is 0.230. The zero-order valence-corrected chi connectivity index (χ0v) is 5.68. The van der Waals surface area contributed by atoms with Gasteiger partial charge in [0.1, 0.15) is 0 Å². The molecule has 0 nitrogen and oxygen atoms in total.